The van der Waals surface area contributed by atoms with Gasteiger partial charge in [-0.25, -0.2) is 0 Å². The van der Waals surface area contributed by atoms with Crippen molar-refractivity contribution < 1.29 is 0 Å². The van der Waals surface area contributed by atoms with Crippen LogP contribution in [0.15, 0.2) is 146 Å². The third kappa shape index (κ3) is 4.24. The summed E-state index contributed by atoms with van der Waals surface area (Å²) < 4.78 is 0. The topological polar surface area (TPSA) is 3.24 Å². The summed E-state index contributed by atoms with van der Waals surface area (Å²) in [6.45, 7) is 6.53. The summed E-state index contributed by atoms with van der Waals surface area (Å²) in [6, 6.07) is 54.3. The summed E-state index contributed by atoms with van der Waals surface area (Å²) >= 11 is 0. The zero-order valence-electron chi connectivity index (χ0n) is 26.3. The highest BCUT2D eigenvalue weighted by molar-refractivity contribution is 6.25. The van der Waals surface area contributed by atoms with Gasteiger partial charge in [0.1, 0.15) is 0 Å². The summed E-state index contributed by atoms with van der Waals surface area (Å²) in [7, 11) is 0. The average Bonchev–Trinajstić information content (AvgIpc) is 3.06. The van der Waals surface area contributed by atoms with Crippen molar-refractivity contribution in [3.8, 4) is 11.1 Å². The Morgan fingerprint density at radius 3 is 1.54 bits per heavy atom. The molecule has 9 aromatic carbocycles. The number of aryl methyl sites for hydroxylation is 3. The van der Waals surface area contributed by atoms with Crippen LogP contribution in [0, 0.1) is 20.8 Å². The van der Waals surface area contributed by atoms with E-state index in [0.717, 1.165) is 0 Å². The maximum atomic E-state index is 2.41. The lowest BCUT2D eigenvalue weighted by Gasteiger charge is -2.27. The standard InChI is InChI=1S/C45H33N/c1-28-9-8-11-37(20-28)46(38-21-29(2)19-30(3)22-38)39-25-34-17-15-32-23-36(24-33-16-18-35(26-39)45(34)44(32)33)43-27-31-10-4-5-12-40(31)41-13-6-7-14-42(41)43/h4-27H,1-3H3. The fourth-order valence-corrected chi connectivity index (χ4v) is 7.69. The molecule has 0 aliphatic rings. The van der Waals surface area contributed by atoms with Gasteiger partial charge in [0.25, 0.3) is 0 Å². The Morgan fingerprint density at radius 2 is 0.891 bits per heavy atom. The van der Waals surface area contributed by atoms with E-state index in [0.29, 0.717) is 0 Å². The monoisotopic (exact) mass is 587 g/mol. The molecule has 0 unspecified atom stereocenters. The lowest BCUT2D eigenvalue weighted by molar-refractivity contribution is 1.25. The molecule has 0 heterocycles. The maximum absolute atomic E-state index is 2.41. The highest BCUT2D eigenvalue weighted by Gasteiger charge is 2.18. The molecule has 0 spiro atoms. The molecule has 0 atom stereocenters. The van der Waals surface area contributed by atoms with Gasteiger partial charge in [-0.1, -0.05) is 91.0 Å². The fourth-order valence-electron chi connectivity index (χ4n) is 7.69. The normalized spacial score (nSPS) is 11.8. The summed E-state index contributed by atoms with van der Waals surface area (Å²) in [5.41, 5.74) is 9.84. The average molecular weight is 588 g/mol. The molecule has 0 aliphatic carbocycles. The van der Waals surface area contributed by atoms with Gasteiger partial charge in [0.2, 0.25) is 0 Å². The molecular weight excluding hydrogens is 555 g/mol. The van der Waals surface area contributed by atoms with Crippen molar-refractivity contribution in [2.24, 2.45) is 0 Å². The Morgan fingerprint density at radius 1 is 0.348 bits per heavy atom. The maximum Gasteiger partial charge on any atom is 0.0473 e. The van der Waals surface area contributed by atoms with Crippen LogP contribution in [0.1, 0.15) is 16.7 Å². The molecule has 9 aromatic rings. The van der Waals surface area contributed by atoms with Crippen LogP contribution in [0.4, 0.5) is 17.1 Å². The zero-order valence-corrected chi connectivity index (χ0v) is 26.3. The number of nitrogens with zero attached hydrogens (tertiary/aromatic N) is 1. The Bertz CT molecular complexity index is 2540. The van der Waals surface area contributed by atoms with Crippen molar-refractivity contribution in [3.63, 3.8) is 0 Å². The highest BCUT2D eigenvalue weighted by Crippen LogP contribution is 2.44. The minimum atomic E-state index is 1.17. The second kappa shape index (κ2) is 10.2. The molecule has 0 fully saturated rings. The quantitative estimate of drug-likeness (QED) is 0.185. The molecule has 0 aliphatic heterocycles. The van der Waals surface area contributed by atoms with Crippen molar-refractivity contribution >= 4 is 70.9 Å². The summed E-state index contributed by atoms with van der Waals surface area (Å²) in [6.07, 6.45) is 0. The van der Waals surface area contributed by atoms with Gasteiger partial charge in [0.15, 0.2) is 0 Å². The molecule has 0 N–H and O–H groups in total. The van der Waals surface area contributed by atoms with Crippen LogP contribution in [0.2, 0.25) is 0 Å². The Hall–Kier alpha value is -5.66. The summed E-state index contributed by atoms with van der Waals surface area (Å²) in [4.78, 5) is 2.41. The van der Waals surface area contributed by atoms with Crippen LogP contribution in [0.25, 0.3) is 65.0 Å². The first-order valence-corrected chi connectivity index (χ1v) is 16.1. The minimum Gasteiger partial charge on any atom is -0.310 e. The molecule has 0 aromatic heterocycles. The number of hydrogen-bond donors (Lipinski definition) is 0. The molecule has 0 bridgehead atoms. The summed E-state index contributed by atoms with van der Waals surface area (Å²) in [5.74, 6) is 0. The molecule has 0 radical (unpaired) electrons. The van der Waals surface area contributed by atoms with E-state index in [2.05, 4.69) is 171 Å². The minimum absolute atomic E-state index is 1.17. The lowest BCUT2D eigenvalue weighted by Crippen LogP contribution is -2.10. The van der Waals surface area contributed by atoms with Crippen LogP contribution in [-0.2, 0) is 0 Å². The van der Waals surface area contributed by atoms with Gasteiger partial charge in [-0.05, 0) is 157 Å². The smallest absolute Gasteiger partial charge is 0.0473 e. The van der Waals surface area contributed by atoms with E-state index in [1.54, 1.807) is 0 Å². The van der Waals surface area contributed by atoms with Gasteiger partial charge in [-0.3, -0.25) is 0 Å². The molecule has 0 amide bonds. The number of rotatable bonds is 4. The van der Waals surface area contributed by atoms with E-state index < -0.39 is 0 Å². The molecule has 46 heavy (non-hydrogen) atoms. The van der Waals surface area contributed by atoms with E-state index in [1.165, 1.54) is 98.7 Å². The Kier molecular flexibility index (Phi) is 5.92. The van der Waals surface area contributed by atoms with Gasteiger partial charge in [0, 0.05) is 17.1 Å². The van der Waals surface area contributed by atoms with E-state index in [9.17, 15) is 0 Å². The second-order valence-corrected chi connectivity index (χ2v) is 12.9. The zero-order chi connectivity index (χ0) is 30.9. The van der Waals surface area contributed by atoms with Crippen LogP contribution in [0.5, 0.6) is 0 Å². The van der Waals surface area contributed by atoms with Crippen molar-refractivity contribution in [3.05, 3.63) is 162 Å². The predicted molar refractivity (Wildman–Crippen MR) is 199 cm³/mol. The fraction of sp³-hybridized carbons (Fsp3) is 0.0667. The summed E-state index contributed by atoms with van der Waals surface area (Å²) in [5, 5.41) is 12.9. The number of fused-ring (bicyclic) bond motifs is 3. The largest absolute Gasteiger partial charge is 0.310 e. The van der Waals surface area contributed by atoms with Crippen LogP contribution >= 0.6 is 0 Å². The number of benzene rings is 9. The molecule has 218 valence electrons. The highest BCUT2D eigenvalue weighted by atomic mass is 15.1. The van der Waals surface area contributed by atoms with E-state index in [-0.39, 0.29) is 0 Å². The first-order valence-electron chi connectivity index (χ1n) is 16.1. The van der Waals surface area contributed by atoms with E-state index >= 15 is 0 Å². The van der Waals surface area contributed by atoms with Crippen molar-refractivity contribution in [1.82, 2.24) is 0 Å². The molecule has 0 saturated carbocycles. The van der Waals surface area contributed by atoms with Gasteiger partial charge < -0.3 is 4.90 Å². The van der Waals surface area contributed by atoms with Crippen molar-refractivity contribution in [2.45, 2.75) is 20.8 Å². The first-order chi connectivity index (χ1) is 22.5. The number of anilines is 3. The Balaban J connectivity index is 1.26. The van der Waals surface area contributed by atoms with Crippen molar-refractivity contribution in [1.29, 1.82) is 0 Å². The van der Waals surface area contributed by atoms with Gasteiger partial charge >= 0.3 is 0 Å². The third-order valence-electron chi connectivity index (χ3n) is 9.58. The lowest BCUT2D eigenvalue weighted by atomic mass is 9.88. The van der Waals surface area contributed by atoms with Crippen molar-refractivity contribution in [2.75, 3.05) is 4.90 Å². The van der Waals surface area contributed by atoms with Gasteiger partial charge in [-0.15, -0.1) is 0 Å². The molecule has 1 nitrogen and oxygen atoms in total. The van der Waals surface area contributed by atoms with E-state index in [1.807, 2.05) is 0 Å². The third-order valence-corrected chi connectivity index (χ3v) is 9.58. The van der Waals surface area contributed by atoms with Crippen LogP contribution in [-0.4, -0.2) is 0 Å². The predicted octanol–water partition coefficient (Wildman–Crippen LogP) is 13.0. The molecule has 1 heteroatoms. The van der Waals surface area contributed by atoms with Crippen LogP contribution in [0.3, 0.4) is 0 Å². The SMILES string of the molecule is Cc1cccc(N(c2cc(C)cc(C)c2)c2cc3ccc4cc(-c5cc6ccccc6c6ccccc56)cc5ccc(c2)c3c45)c1. The second-order valence-electron chi connectivity index (χ2n) is 12.9. The van der Waals surface area contributed by atoms with Gasteiger partial charge in [-0.2, -0.15) is 0 Å². The van der Waals surface area contributed by atoms with E-state index in [4.69, 9.17) is 0 Å². The molecule has 0 saturated heterocycles. The molecular formula is C45H33N. The van der Waals surface area contributed by atoms with Crippen LogP contribution < -0.4 is 4.90 Å². The number of hydrogen-bond acceptors (Lipinski definition) is 1. The molecule has 9 rings (SSSR count). The first kappa shape index (κ1) is 26.7. The Labute approximate surface area is 269 Å². The van der Waals surface area contributed by atoms with Gasteiger partial charge in [0.05, 0.1) is 0 Å².